The van der Waals surface area contributed by atoms with Crippen molar-refractivity contribution in [2.24, 2.45) is 7.05 Å². The zero-order valence-electron chi connectivity index (χ0n) is 12.3. The van der Waals surface area contributed by atoms with Crippen LogP contribution in [0.2, 0.25) is 5.02 Å². The van der Waals surface area contributed by atoms with E-state index in [1.165, 1.54) is 5.56 Å². The molecule has 2 aromatic heterocycles. The molecule has 0 fully saturated rings. The summed E-state index contributed by atoms with van der Waals surface area (Å²) in [5.41, 5.74) is 4.45. The summed E-state index contributed by atoms with van der Waals surface area (Å²) in [6, 6.07) is 5.84. The van der Waals surface area contributed by atoms with Crippen LogP contribution in [0.15, 0.2) is 30.7 Å². The van der Waals surface area contributed by atoms with Crippen molar-refractivity contribution in [3.8, 4) is 0 Å². The average Bonchev–Trinajstić information content (AvgIpc) is 2.82. The summed E-state index contributed by atoms with van der Waals surface area (Å²) in [5.74, 6) is 1.05. The molecule has 0 spiro atoms. The zero-order valence-corrected chi connectivity index (χ0v) is 13.1. The molecule has 4 rings (SSSR count). The molecule has 3 heterocycles. The monoisotopic (exact) mass is 313 g/mol. The van der Waals surface area contributed by atoms with Crippen molar-refractivity contribution in [1.82, 2.24) is 24.4 Å². The smallest absolute Gasteiger partial charge is 0.123 e. The van der Waals surface area contributed by atoms with E-state index in [1.54, 1.807) is 6.33 Å². The molecule has 0 saturated carbocycles. The summed E-state index contributed by atoms with van der Waals surface area (Å²) >= 11 is 6.05. The van der Waals surface area contributed by atoms with Crippen molar-refractivity contribution in [3.63, 3.8) is 0 Å². The highest BCUT2D eigenvalue weighted by molar-refractivity contribution is 6.31. The number of nitrogens with zero attached hydrogens (tertiary/aromatic N) is 5. The van der Waals surface area contributed by atoms with Crippen LogP contribution in [0, 0.1) is 0 Å². The van der Waals surface area contributed by atoms with E-state index in [4.69, 9.17) is 16.6 Å². The number of aromatic nitrogens is 4. The normalized spacial score (nSPS) is 15.2. The minimum atomic E-state index is 0.723. The molecule has 0 aliphatic carbocycles. The lowest BCUT2D eigenvalue weighted by atomic mass is 10.1. The van der Waals surface area contributed by atoms with Gasteiger partial charge >= 0.3 is 0 Å². The maximum absolute atomic E-state index is 6.05. The standard InChI is InChI=1S/C16H16ClN5/c1-21-15-3-2-12(17)6-13(15)20-16(21)9-22-5-4-11-7-18-10-19-14(11)8-22/h2-3,6-7,10H,4-5,8-9H2,1H3. The van der Waals surface area contributed by atoms with Gasteiger partial charge in [0.1, 0.15) is 12.2 Å². The van der Waals surface area contributed by atoms with Gasteiger partial charge in [-0.05, 0) is 30.2 Å². The van der Waals surface area contributed by atoms with Gasteiger partial charge in [-0.3, -0.25) is 4.90 Å². The molecule has 0 saturated heterocycles. The van der Waals surface area contributed by atoms with Gasteiger partial charge in [-0.1, -0.05) is 11.6 Å². The molecule has 112 valence electrons. The summed E-state index contributed by atoms with van der Waals surface area (Å²) in [7, 11) is 2.05. The van der Waals surface area contributed by atoms with Gasteiger partial charge in [-0.25, -0.2) is 15.0 Å². The number of halogens is 1. The molecule has 1 aromatic carbocycles. The molecule has 0 unspecified atom stereocenters. The molecule has 6 heteroatoms. The van der Waals surface area contributed by atoms with Crippen LogP contribution >= 0.6 is 11.6 Å². The van der Waals surface area contributed by atoms with Crippen molar-refractivity contribution >= 4 is 22.6 Å². The van der Waals surface area contributed by atoms with E-state index in [-0.39, 0.29) is 0 Å². The lowest BCUT2D eigenvalue weighted by molar-refractivity contribution is 0.233. The Kier molecular flexibility index (Phi) is 3.32. The van der Waals surface area contributed by atoms with E-state index in [1.807, 2.05) is 24.4 Å². The molecule has 0 radical (unpaired) electrons. The molecule has 3 aromatic rings. The van der Waals surface area contributed by atoms with Crippen LogP contribution in [-0.4, -0.2) is 31.0 Å². The van der Waals surface area contributed by atoms with Gasteiger partial charge in [0.2, 0.25) is 0 Å². The lowest BCUT2D eigenvalue weighted by Gasteiger charge is -2.27. The number of benzene rings is 1. The maximum Gasteiger partial charge on any atom is 0.123 e. The molecule has 1 aliphatic heterocycles. The van der Waals surface area contributed by atoms with E-state index in [9.17, 15) is 0 Å². The highest BCUT2D eigenvalue weighted by Crippen LogP contribution is 2.22. The SMILES string of the molecule is Cn1c(CN2CCc3cncnc3C2)nc2cc(Cl)ccc21. The van der Waals surface area contributed by atoms with Crippen molar-refractivity contribution in [1.29, 1.82) is 0 Å². The number of hydrogen-bond donors (Lipinski definition) is 0. The van der Waals surface area contributed by atoms with Gasteiger partial charge in [0.05, 0.1) is 23.3 Å². The second kappa shape index (κ2) is 5.34. The van der Waals surface area contributed by atoms with E-state index >= 15 is 0 Å². The first-order valence-corrected chi connectivity index (χ1v) is 7.69. The number of fused-ring (bicyclic) bond motifs is 2. The van der Waals surface area contributed by atoms with E-state index in [0.29, 0.717) is 0 Å². The summed E-state index contributed by atoms with van der Waals surface area (Å²) in [4.78, 5) is 15.6. The Labute approximate surface area is 133 Å². The highest BCUT2D eigenvalue weighted by Gasteiger charge is 2.19. The van der Waals surface area contributed by atoms with Gasteiger partial charge in [-0.15, -0.1) is 0 Å². The first-order valence-electron chi connectivity index (χ1n) is 7.31. The van der Waals surface area contributed by atoms with E-state index < -0.39 is 0 Å². The van der Waals surface area contributed by atoms with Gasteiger partial charge < -0.3 is 4.57 Å². The Balaban J connectivity index is 1.61. The zero-order chi connectivity index (χ0) is 15.1. The Morgan fingerprint density at radius 1 is 1.32 bits per heavy atom. The molecule has 22 heavy (non-hydrogen) atoms. The van der Waals surface area contributed by atoms with Crippen LogP contribution in [-0.2, 0) is 26.6 Å². The molecular formula is C16H16ClN5. The molecule has 0 atom stereocenters. The summed E-state index contributed by atoms with van der Waals surface area (Å²) < 4.78 is 2.14. The molecule has 0 amide bonds. The Morgan fingerprint density at radius 3 is 3.14 bits per heavy atom. The topological polar surface area (TPSA) is 46.8 Å². The molecule has 5 nitrogen and oxygen atoms in total. The highest BCUT2D eigenvalue weighted by atomic mass is 35.5. The summed E-state index contributed by atoms with van der Waals surface area (Å²) in [6.07, 6.45) is 4.54. The van der Waals surface area contributed by atoms with Crippen LogP contribution in [0.1, 0.15) is 17.1 Å². The largest absolute Gasteiger partial charge is 0.330 e. The third-order valence-electron chi connectivity index (χ3n) is 4.25. The Bertz CT molecular complexity index is 842. The number of aryl methyl sites for hydroxylation is 1. The molecular weight excluding hydrogens is 298 g/mol. The predicted octanol–water partition coefficient (Wildman–Crippen LogP) is 2.58. The van der Waals surface area contributed by atoms with Gasteiger partial charge in [0.15, 0.2) is 0 Å². The third-order valence-corrected chi connectivity index (χ3v) is 4.49. The minimum Gasteiger partial charge on any atom is -0.330 e. The van der Waals surface area contributed by atoms with Gasteiger partial charge in [-0.2, -0.15) is 0 Å². The fourth-order valence-electron chi connectivity index (χ4n) is 3.00. The predicted molar refractivity (Wildman–Crippen MR) is 85.6 cm³/mol. The molecule has 0 bridgehead atoms. The quantitative estimate of drug-likeness (QED) is 0.729. The lowest BCUT2D eigenvalue weighted by Crippen LogP contribution is -2.31. The minimum absolute atomic E-state index is 0.723. The van der Waals surface area contributed by atoms with Gasteiger partial charge in [0.25, 0.3) is 0 Å². The Morgan fingerprint density at radius 2 is 2.23 bits per heavy atom. The van der Waals surface area contributed by atoms with E-state index in [2.05, 4.69) is 26.5 Å². The summed E-state index contributed by atoms with van der Waals surface area (Å²) in [5, 5.41) is 0.723. The van der Waals surface area contributed by atoms with Crippen LogP contribution in [0.4, 0.5) is 0 Å². The van der Waals surface area contributed by atoms with Gasteiger partial charge in [0, 0.05) is 31.4 Å². The fraction of sp³-hybridized carbons (Fsp3) is 0.312. The molecule has 0 N–H and O–H groups in total. The summed E-state index contributed by atoms with van der Waals surface area (Å²) in [6.45, 7) is 2.67. The van der Waals surface area contributed by atoms with E-state index in [0.717, 1.165) is 53.6 Å². The van der Waals surface area contributed by atoms with Crippen LogP contribution in [0.25, 0.3) is 11.0 Å². The average molecular weight is 314 g/mol. The van der Waals surface area contributed by atoms with Crippen LogP contribution < -0.4 is 0 Å². The van der Waals surface area contributed by atoms with Crippen LogP contribution in [0.3, 0.4) is 0 Å². The second-order valence-electron chi connectivity index (χ2n) is 5.68. The fourth-order valence-corrected chi connectivity index (χ4v) is 3.17. The maximum atomic E-state index is 6.05. The first kappa shape index (κ1) is 13.7. The van der Waals surface area contributed by atoms with Crippen molar-refractivity contribution in [2.45, 2.75) is 19.5 Å². The van der Waals surface area contributed by atoms with Crippen molar-refractivity contribution in [2.75, 3.05) is 6.54 Å². The van der Waals surface area contributed by atoms with Crippen molar-refractivity contribution < 1.29 is 0 Å². The third kappa shape index (κ3) is 2.36. The Hall–Kier alpha value is -1.98. The number of rotatable bonds is 2. The molecule has 1 aliphatic rings. The van der Waals surface area contributed by atoms with Crippen molar-refractivity contribution in [3.05, 3.63) is 52.8 Å². The first-order chi connectivity index (χ1) is 10.7. The second-order valence-corrected chi connectivity index (χ2v) is 6.11. The number of imidazole rings is 1. The number of hydrogen-bond acceptors (Lipinski definition) is 4. The van der Waals surface area contributed by atoms with Crippen LogP contribution in [0.5, 0.6) is 0 Å².